The number of thiophene rings is 4. The molecule has 0 radical (unpaired) electrons. The minimum absolute atomic E-state index is 0.256. The number of nitrogens with zero attached hydrogens (tertiary/aromatic N) is 2. The number of hydrogen-bond donors (Lipinski definition) is 0. The zero-order chi connectivity index (χ0) is 31.4. The lowest BCUT2D eigenvalue weighted by Gasteiger charge is -2.05. The number of benzene rings is 3. The maximum Gasteiger partial charge on any atom is 0.261 e. The van der Waals surface area contributed by atoms with Gasteiger partial charge in [-0.2, -0.15) is 0 Å². The highest BCUT2D eigenvalue weighted by molar-refractivity contribution is 7.28. The molecule has 10 heteroatoms. The van der Waals surface area contributed by atoms with Crippen molar-refractivity contribution in [1.82, 2.24) is 9.80 Å². The summed E-state index contributed by atoms with van der Waals surface area (Å²) >= 11 is 6.75. The lowest BCUT2D eigenvalue weighted by Crippen LogP contribution is -2.24. The average Bonchev–Trinajstić information content (AvgIpc) is 3.92. The first-order valence-electron chi connectivity index (χ1n) is 14.4. The average molecular weight is 673 g/mol. The molecule has 7 aromatic rings. The molecule has 2 aliphatic rings. The van der Waals surface area contributed by atoms with Crippen molar-refractivity contribution in [1.29, 1.82) is 0 Å². The molecule has 6 nitrogen and oxygen atoms in total. The van der Waals surface area contributed by atoms with Crippen LogP contribution in [0, 0.1) is 0 Å². The lowest BCUT2D eigenvalue weighted by atomic mass is 10.0. The highest BCUT2D eigenvalue weighted by Crippen LogP contribution is 2.46. The first-order valence-corrected chi connectivity index (χ1v) is 17.6. The molecule has 46 heavy (non-hydrogen) atoms. The third kappa shape index (κ3) is 3.91. The van der Waals surface area contributed by atoms with E-state index in [4.69, 9.17) is 0 Å². The number of imide groups is 2. The Kier molecular flexibility index (Phi) is 5.92. The van der Waals surface area contributed by atoms with Gasteiger partial charge < -0.3 is 0 Å². The molecule has 0 saturated heterocycles. The summed E-state index contributed by atoms with van der Waals surface area (Å²) in [5.41, 5.74) is 3.49. The fourth-order valence-corrected chi connectivity index (χ4v) is 10.7. The minimum atomic E-state index is -0.257. The molecule has 2 aliphatic heterocycles. The van der Waals surface area contributed by atoms with E-state index in [0.717, 1.165) is 40.4 Å². The second kappa shape index (κ2) is 9.88. The van der Waals surface area contributed by atoms with Gasteiger partial charge in [0.15, 0.2) is 0 Å². The standard InChI is InChI=1S/C36H20N2O4S4/c1-37-33(39)21-7-3-5-19(31(21)35(37)41)23-9-11-25(43-23)29-15-17-13-28-18(14-27(17)45-29)16-30(46-28)26-12-10-24(44-26)20-6-4-8-22-32(20)36(42)38(2)34(22)40/h3-16H,1-2H3. The van der Waals surface area contributed by atoms with Gasteiger partial charge in [-0.1, -0.05) is 24.3 Å². The maximum absolute atomic E-state index is 12.8. The molecule has 0 N–H and O–H groups in total. The summed E-state index contributed by atoms with van der Waals surface area (Å²) in [5.74, 6) is -1.03. The van der Waals surface area contributed by atoms with Crippen LogP contribution in [0.3, 0.4) is 0 Å². The summed E-state index contributed by atoms with van der Waals surface area (Å²) in [6.07, 6.45) is 0. The van der Waals surface area contributed by atoms with E-state index in [1.807, 2.05) is 36.4 Å². The number of rotatable bonds is 4. The Bertz CT molecular complexity index is 2290. The Balaban J connectivity index is 1.03. The van der Waals surface area contributed by atoms with Crippen molar-refractivity contribution in [2.75, 3.05) is 14.1 Å². The number of carbonyl (C=O) groups excluding carboxylic acids is 4. The molecule has 3 aromatic carbocycles. The molecule has 0 saturated carbocycles. The monoisotopic (exact) mass is 672 g/mol. The molecule has 0 spiro atoms. The van der Waals surface area contributed by atoms with Gasteiger partial charge in [-0.05, 0) is 71.4 Å². The molecular formula is C36H20N2O4S4. The Morgan fingerprint density at radius 1 is 0.413 bits per heavy atom. The normalized spacial score (nSPS) is 14.4. The smallest absolute Gasteiger partial charge is 0.261 e. The predicted octanol–water partition coefficient (Wildman–Crippen LogP) is 9.36. The zero-order valence-corrected chi connectivity index (χ0v) is 27.5. The van der Waals surface area contributed by atoms with Crippen LogP contribution in [0.15, 0.2) is 84.9 Å². The van der Waals surface area contributed by atoms with Gasteiger partial charge in [0.1, 0.15) is 0 Å². The Labute approximate surface area is 278 Å². The van der Waals surface area contributed by atoms with Crippen LogP contribution < -0.4 is 0 Å². The number of amides is 4. The van der Waals surface area contributed by atoms with Crippen molar-refractivity contribution in [3.05, 3.63) is 107 Å². The lowest BCUT2D eigenvalue weighted by molar-refractivity contribution is 0.0678. The molecule has 0 atom stereocenters. The molecule has 9 rings (SSSR count). The van der Waals surface area contributed by atoms with E-state index in [1.54, 1.807) is 57.5 Å². The third-order valence-electron chi connectivity index (χ3n) is 8.62. The van der Waals surface area contributed by atoms with Crippen LogP contribution in [0.1, 0.15) is 41.4 Å². The molecule has 6 heterocycles. The fraction of sp³-hybridized carbons (Fsp3) is 0.0556. The number of carbonyl (C=O) groups is 4. The van der Waals surface area contributed by atoms with Gasteiger partial charge >= 0.3 is 0 Å². The van der Waals surface area contributed by atoms with Gasteiger partial charge in [0.25, 0.3) is 23.6 Å². The molecule has 4 aromatic heterocycles. The van der Waals surface area contributed by atoms with Crippen LogP contribution >= 0.6 is 45.3 Å². The summed E-state index contributed by atoms with van der Waals surface area (Å²) in [6.45, 7) is 0. The van der Waals surface area contributed by atoms with E-state index < -0.39 is 0 Å². The topological polar surface area (TPSA) is 74.8 Å². The largest absolute Gasteiger partial charge is 0.277 e. The van der Waals surface area contributed by atoms with Crippen LogP contribution in [-0.2, 0) is 0 Å². The van der Waals surface area contributed by atoms with Gasteiger partial charge in [0.2, 0.25) is 0 Å². The van der Waals surface area contributed by atoms with Crippen molar-refractivity contribution in [3.63, 3.8) is 0 Å². The Morgan fingerprint density at radius 2 is 0.804 bits per heavy atom. The highest BCUT2D eigenvalue weighted by Gasteiger charge is 2.36. The molecule has 222 valence electrons. The van der Waals surface area contributed by atoms with E-state index in [-0.39, 0.29) is 23.6 Å². The summed E-state index contributed by atoms with van der Waals surface area (Å²) in [4.78, 5) is 59.5. The fourth-order valence-electron chi connectivity index (χ4n) is 6.26. The van der Waals surface area contributed by atoms with Crippen LogP contribution in [0.2, 0.25) is 0 Å². The highest BCUT2D eigenvalue weighted by atomic mass is 32.1. The van der Waals surface area contributed by atoms with Crippen molar-refractivity contribution >= 4 is 89.1 Å². The second-order valence-corrected chi connectivity index (χ2v) is 15.6. The third-order valence-corrected chi connectivity index (χ3v) is 13.4. The van der Waals surface area contributed by atoms with E-state index in [0.29, 0.717) is 22.3 Å². The quantitative estimate of drug-likeness (QED) is 0.175. The Morgan fingerprint density at radius 3 is 1.24 bits per heavy atom. The summed E-state index contributed by atoms with van der Waals surface area (Å²) in [5, 5.41) is 2.36. The van der Waals surface area contributed by atoms with Gasteiger partial charge in [0.05, 0.1) is 22.3 Å². The molecule has 0 unspecified atom stereocenters. The minimum Gasteiger partial charge on any atom is -0.277 e. The summed E-state index contributed by atoms with van der Waals surface area (Å²) < 4.78 is 2.40. The molecule has 0 fully saturated rings. The Hall–Kier alpha value is -4.74. The van der Waals surface area contributed by atoms with Gasteiger partial charge in [-0.25, -0.2) is 0 Å². The van der Waals surface area contributed by atoms with Crippen molar-refractivity contribution < 1.29 is 19.2 Å². The van der Waals surface area contributed by atoms with E-state index in [1.165, 1.54) is 44.1 Å². The molecule has 0 bridgehead atoms. The van der Waals surface area contributed by atoms with Gasteiger partial charge in [-0.3, -0.25) is 29.0 Å². The molecule has 0 aliphatic carbocycles. The molecular weight excluding hydrogens is 653 g/mol. The van der Waals surface area contributed by atoms with Crippen molar-refractivity contribution in [2.45, 2.75) is 0 Å². The van der Waals surface area contributed by atoms with Gasteiger partial charge in [0, 0.05) is 63.9 Å². The predicted molar refractivity (Wildman–Crippen MR) is 188 cm³/mol. The van der Waals surface area contributed by atoms with Crippen molar-refractivity contribution in [3.8, 4) is 40.4 Å². The van der Waals surface area contributed by atoms with Crippen LogP contribution in [0.4, 0.5) is 0 Å². The number of hydrogen-bond acceptors (Lipinski definition) is 8. The van der Waals surface area contributed by atoms with E-state index >= 15 is 0 Å². The zero-order valence-electron chi connectivity index (χ0n) is 24.2. The summed E-state index contributed by atoms with van der Waals surface area (Å²) in [7, 11) is 3.05. The van der Waals surface area contributed by atoms with E-state index in [2.05, 4.69) is 36.4 Å². The van der Waals surface area contributed by atoms with E-state index in [9.17, 15) is 19.2 Å². The van der Waals surface area contributed by atoms with Crippen LogP contribution in [0.5, 0.6) is 0 Å². The van der Waals surface area contributed by atoms with Crippen LogP contribution in [0.25, 0.3) is 60.6 Å². The first-order chi connectivity index (χ1) is 22.3. The van der Waals surface area contributed by atoms with Crippen molar-refractivity contribution in [2.24, 2.45) is 0 Å². The molecule has 4 amide bonds. The van der Waals surface area contributed by atoms with Crippen LogP contribution in [-0.4, -0.2) is 47.5 Å². The van der Waals surface area contributed by atoms with Gasteiger partial charge in [-0.15, -0.1) is 45.3 Å². The first kappa shape index (κ1) is 27.6. The maximum atomic E-state index is 12.8. The SMILES string of the molecule is CN1C(=O)c2cccc(-c3ccc(-c4cc5cc6sc(-c7ccc(-c8cccc9c8C(=O)N(C)C9=O)s7)cc6cc5s4)s3)c2C1=O. The summed E-state index contributed by atoms with van der Waals surface area (Å²) in [6, 6.07) is 28.1. The number of fused-ring (bicyclic) bond motifs is 4. The second-order valence-electron chi connectivity index (χ2n) is 11.3.